The molecule has 0 bridgehead atoms. The summed E-state index contributed by atoms with van der Waals surface area (Å²) in [5.41, 5.74) is 6.98. The van der Waals surface area contributed by atoms with Gasteiger partial charge in [-0.1, -0.05) is 11.6 Å². The molecular formula is C10H9ClN4O. The first kappa shape index (κ1) is 10.5. The molecule has 2 rings (SSSR count). The number of carbonyl (C=O) groups is 1. The van der Waals surface area contributed by atoms with Gasteiger partial charge in [-0.3, -0.25) is 4.79 Å². The minimum absolute atomic E-state index is 0.279. The number of nitrogens with two attached hydrogens (primary N) is 1. The van der Waals surface area contributed by atoms with Crippen molar-refractivity contribution in [3.8, 4) is 0 Å². The Balaban J connectivity index is 2.13. The summed E-state index contributed by atoms with van der Waals surface area (Å²) in [5, 5.41) is 2.99. The molecule has 16 heavy (non-hydrogen) atoms. The van der Waals surface area contributed by atoms with Gasteiger partial charge in [0, 0.05) is 23.8 Å². The van der Waals surface area contributed by atoms with Crippen LogP contribution in [0.4, 0.5) is 11.4 Å². The van der Waals surface area contributed by atoms with E-state index in [1.54, 1.807) is 24.4 Å². The number of hydrogen-bond acceptors (Lipinski definition) is 3. The Hall–Kier alpha value is -2.01. The smallest absolute Gasteiger partial charge is 0.272 e. The molecule has 2 aromatic heterocycles. The lowest BCUT2D eigenvalue weighted by Crippen LogP contribution is -2.12. The van der Waals surface area contributed by atoms with Crippen molar-refractivity contribution in [2.24, 2.45) is 0 Å². The minimum Gasteiger partial charge on any atom is -0.397 e. The second-order valence-electron chi connectivity index (χ2n) is 3.17. The standard InChI is InChI=1S/C10H9ClN4O/c11-9-4-7(1-2-13-9)15-10(16)8-3-6(12)5-14-8/h1-5,14H,12H2,(H,13,15,16). The molecule has 0 unspecified atom stereocenters. The van der Waals surface area contributed by atoms with Gasteiger partial charge in [0.05, 0.1) is 0 Å². The molecule has 0 aromatic carbocycles. The summed E-state index contributed by atoms with van der Waals surface area (Å²) in [4.78, 5) is 18.2. The summed E-state index contributed by atoms with van der Waals surface area (Å²) in [7, 11) is 0. The van der Waals surface area contributed by atoms with Crippen LogP contribution < -0.4 is 11.1 Å². The molecule has 0 aliphatic rings. The average molecular weight is 237 g/mol. The number of H-pyrrole nitrogens is 1. The highest BCUT2D eigenvalue weighted by Crippen LogP contribution is 2.13. The van der Waals surface area contributed by atoms with Crippen molar-refractivity contribution in [1.82, 2.24) is 9.97 Å². The quantitative estimate of drug-likeness (QED) is 0.697. The van der Waals surface area contributed by atoms with Crippen molar-refractivity contribution < 1.29 is 4.79 Å². The van der Waals surface area contributed by atoms with Gasteiger partial charge in [0.25, 0.3) is 5.91 Å². The van der Waals surface area contributed by atoms with E-state index in [9.17, 15) is 4.79 Å². The third-order valence-electron chi connectivity index (χ3n) is 1.93. The number of anilines is 2. The lowest BCUT2D eigenvalue weighted by Gasteiger charge is -2.02. The van der Waals surface area contributed by atoms with Crippen molar-refractivity contribution >= 4 is 28.9 Å². The van der Waals surface area contributed by atoms with Crippen LogP contribution in [0.1, 0.15) is 10.5 Å². The van der Waals surface area contributed by atoms with Crippen molar-refractivity contribution in [2.45, 2.75) is 0 Å². The van der Waals surface area contributed by atoms with Gasteiger partial charge in [0.1, 0.15) is 10.8 Å². The molecule has 0 aliphatic carbocycles. The van der Waals surface area contributed by atoms with Crippen LogP contribution in [-0.2, 0) is 0 Å². The first-order valence-corrected chi connectivity index (χ1v) is 4.90. The maximum atomic E-state index is 11.7. The van der Waals surface area contributed by atoms with Gasteiger partial charge in [-0.15, -0.1) is 0 Å². The van der Waals surface area contributed by atoms with E-state index in [-0.39, 0.29) is 5.91 Å². The number of aromatic amines is 1. The number of halogens is 1. The van der Waals surface area contributed by atoms with Crippen LogP contribution in [0.5, 0.6) is 0 Å². The van der Waals surface area contributed by atoms with Gasteiger partial charge in [-0.25, -0.2) is 4.98 Å². The summed E-state index contributed by atoms with van der Waals surface area (Å²) in [6.07, 6.45) is 3.06. The Labute approximate surface area is 96.6 Å². The van der Waals surface area contributed by atoms with E-state index in [0.717, 1.165) is 0 Å². The van der Waals surface area contributed by atoms with Gasteiger partial charge in [0.2, 0.25) is 0 Å². The maximum Gasteiger partial charge on any atom is 0.272 e. The normalized spacial score (nSPS) is 10.1. The van der Waals surface area contributed by atoms with Crippen LogP contribution in [0.2, 0.25) is 5.15 Å². The molecule has 5 nitrogen and oxygen atoms in total. The monoisotopic (exact) mass is 236 g/mol. The van der Waals surface area contributed by atoms with Gasteiger partial charge in [0.15, 0.2) is 0 Å². The van der Waals surface area contributed by atoms with Gasteiger partial charge in [-0.05, 0) is 18.2 Å². The molecular weight excluding hydrogens is 228 g/mol. The summed E-state index contributed by atoms with van der Waals surface area (Å²) >= 11 is 5.69. The highest BCUT2D eigenvalue weighted by molar-refractivity contribution is 6.29. The van der Waals surface area contributed by atoms with Crippen molar-refractivity contribution in [2.75, 3.05) is 11.1 Å². The third kappa shape index (κ3) is 2.32. The van der Waals surface area contributed by atoms with Crippen LogP contribution >= 0.6 is 11.6 Å². The average Bonchev–Trinajstić information content (AvgIpc) is 2.65. The number of nitrogen functional groups attached to an aromatic ring is 1. The van der Waals surface area contributed by atoms with Crippen molar-refractivity contribution in [3.63, 3.8) is 0 Å². The number of nitrogens with zero attached hydrogens (tertiary/aromatic N) is 1. The largest absolute Gasteiger partial charge is 0.397 e. The van der Waals surface area contributed by atoms with Crippen LogP contribution in [0, 0.1) is 0 Å². The van der Waals surface area contributed by atoms with E-state index < -0.39 is 0 Å². The number of amides is 1. The number of aromatic nitrogens is 2. The zero-order valence-corrected chi connectivity index (χ0v) is 8.95. The maximum absolute atomic E-state index is 11.7. The van der Waals surface area contributed by atoms with Gasteiger partial charge < -0.3 is 16.0 Å². The Morgan fingerprint density at radius 3 is 2.94 bits per heavy atom. The Morgan fingerprint density at radius 2 is 2.31 bits per heavy atom. The molecule has 1 amide bonds. The highest BCUT2D eigenvalue weighted by Gasteiger charge is 2.07. The molecule has 0 saturated heterocycles. The molecule has 0 radical (unpaired) electrons. The fourth-order valence-corrected chi connectivity index (χ4v) is 1.39. The predicted octanol–water partition coefficient (Wildman–Crippen LogP) is 1.90. The number of rotatable bonds is 2. The molecule has 2 heterocycles. The molecule has 6 heteroatoms. The van der Waals surface area contributed by atoms with Crippen LogP contribution in [-0.4, -0.2) is 15.9 Å². The second-order valence-corrected chi connectivity index (χ2v) is 3.56. The lowest BCUT2D eigenvalue weighted by molar-refractivity contribution is 0.102. The molecule has 0 fully saturated rings. The topological polar surface area (TPSA) is 83.8 Å². The molecule has 82 valence electrons. The Morgan fingerprint density at radius 1 is 1.50 bits per heavy atom. The van der Waals surface area contributed by atoms with E-state index in [0.29, 0.717) is 22.2 Å². The SMILES string of the molecule is Nc1c[nH]c(C(=O)Nc2ccnc(Cl)c2)c1. The summed E-state index contributed by atoms with van der Waals surface area (Å²) in [5.74, 6) is -0.279. The summed E-state index contributed by atoms with van der Waals surface area (Å²) in [6, 6.07) is 4.76. The van der Waals surface area contributed by atoms with Crippen molar-refractivity contribution in [1.29, 1.82) is 0 Å². The Kier molecular flexibility index (Phi) is 2.78. The highest BCUT2D eigenvalue weighted by atomic mass is 35.5. The van der Waals surface area contributed by atoms with E-state index in [1.807, 2.05) is 0 Å². The number of nitrogens with one attached hydrogen (secondary N) is 2. The zero-order valence-electron chi connectivity index (χ0n) is 8.20. The molecule has 0 atom stereocenters. The van der Waals surface area contributed by atoms with Crippen LogP contribution in [0.15, 0.2) is 30.6 Å². The molecule has 4 N–H and O–H groups in total. The first-order valence-electron chi connectivity index (χ1n) is 4.52. The van der Waals surface area contributed by atoms with E-state index in [4.69, 9.17) is 17.3 Å². The van der Waals surface area contributed by atoms with E-state index in [2.05, 4.69) is 15.3 Å². The molecule has 0 aliphatic heterocycles. The summed E-state index contributed by atoms with van der Waals surface area (Å²) < 4.78 is 0. The van der Waals surface area contributed by atoms with Crippen LogP contribution in [0.3, 0.4) is 0 Å². The van der Waals surface area contributed by atoms with Crippen LogP contribution in [0.25, 0.3) is 0 Å². The number of pyridine rings is 1. The Bertz CT molecular complexity index is 523. The predicted molar refractivity (Wildman–Crippen MR) is 62.4 cm³/mol. The minimum atomic E-state index is -0.279. The first-order chi connectivity index (χ1) is 7.65. The van der Waals surface area contributed by atoms with Gasteiger partial charge >= 0.3 is 0 Å². The summed E-state index contributed by atoms with van der Waals surface area (Å²) in [6.45, 7) is 0. The molecule has 2 aromatic rings. The fourth-order valence-electron chi connectivity index (χ4n) is 1.22. The lowest BCUT2D eigenvalue weighted by atomic mass is 10.3. The molecule has 0 spiro atoms. The van der Waals surface area contributed by atoms with E-state index in [1.165, 1.54) is 6.20 Å². The zero-order chi connectivity index (χ0) is 11.5. The molecule has 0 saturated carbocycles. The van der Waals surface area contributed by atoms with Gasteiger partial charge in [-0.2, -0.15) is 0 Å². The number of hydrogen-bond donors (Lipinski definition) is 3. The van der Waals surface area contributed by atoms with E-state index >= 15 is 0 Å². The second kappa shape index (κ2) is 4.24. The number of carbonyl (C=O) groups excluding carboxylic acids is 1. The fraction of sp³-hybridized carbons (Fsp3) is 0. The third-order valence-corrected chi connectivity index (χ3v) is 2.14. The van der Waals surface area contributed by atoms with Crippen molar-refractivity contribution in [3.05, 3.63) is 41.4 Å².